The molecular weight excluding hydrogens is 320 g/mol. The molecule has 0 aliphatic rings. The van der Waals surface area contributed by atoms with Gasteiger partial charge in [-0.15, -0.1) is 0 Å². The molecule has 1 heterocycles. The van der Waals surface area contributed by atoms with Gasteiger partial charge in [0.2, 0.25) is 0 Å². The van der Waals surface area contributed by atoms with E-state index in [-0.39, 0.29) is 17.3 Å². The van der Waals surface area contributed by atoms with Gasteiger partial charge >= 0.3 is 5.97 Å². The van der Waals surface area contributed by atoms with Gasteiger partial charge in [0.25, 0.3) is 5.91 Å². The molecule has 1 aromatic carbocycles. The molecule has 0 bridgehead atoms. The highest BCUT2D eigenvalue weighted by Crippen LogP contribution is 2.20. The van der Waals surface area contributed by atoms with E-state index in [1.165, 1.54) is 18.2 Å². The molecule has 0 spiro atoms. The summed E-state index contributed by atoms with van der Waals surface area (Å²) in [5.41, 5.74) is 6.12. The highest BCUT2D eigenvalue weighted by Gasteiger charge is 2.13. The first kappa shape index (κ1) is 16.8. The molecule has 1 aromatic heterocycles. The van der Waals surface area contributed by atoms with Crippen LogP contribution in [0.25, 0.3) is 0 Å². The van der Waals surface area contributed by atoms with Gasteiger partial charge in [0.15, 0.2) is 6.61 Å². The van der Waals surface area contributed by atoms with Crippen LogP contribution in [0.2, 0.25) is 5.02 Å². The number of hydrogen-bond donors (Lipinski definition) is 2. The quantitative estimate of drug-likeness (QED) is 0.645. The number of nitrogens with zero attached hydrogens (tertiary/aromatic N) is 2. The Labute approximate surface area is 138 Å². The van der Waals surface area contributed by atoms with Gasteiger partial charge < -0.3 is 15.8 Å². The van der Waals surface area contributed by atoms with Crippen molar-refractivity contribution in [3.8, 4) is 0 Å². The number of carbonyl (C=O) groups is 2. The van der Waals surface area contributed by atoms with E-state index < -0.39 is 18.5 Å². The number of benzene rings is 1. The monoisotopic (exact) mass is 336 g/mol. The number of amides is 1. The van der Waals surface area contributed by atoms with Crippen molar-refractivity contribution < 1.29 is 14.3 Å². The van der Waals surface area contributed by atoms with Crippen molar-refractivity contribution in [1.29, 1.82) is 0 Å². The first-order valence-corrected chi connectivity index (χ1v) is 7.31. The molecule has 0 atom stereocenters. The SMILES string of the molecule is CC(C)n1nccc1NC(=O)COC(=O)c1ccc(Cl)c(N)c1. The number of rotatable bonds is 5. The van der Waals surface area contributed by atoms with Crippen LogP contribution in [0.15, 0.2) is 30.5 Å². The number of carbonyl (C=O) groups excluding carboxylic acids is 2. The summed E-state index contributed by atoms with van der Waals surface area (Å²) in [6.07, 6.45) is 1.58. The van der Waals surface area contributed by atoms with Gasteiger partial charge in [0.1, 0.15) is 5.82 Å². The highest BCUT2D eigenvalue weighted by molar-refractivity contribution is 6.33. The Hall–Kier alpha value is -2.54. The number of nitrogens with two attached hydrogens (primary N) is 1. The second-order valence-electron chi connectivity index (χ2n) is 5.12. The second kappa shape index (κ2) is 7.15. The van der Waals surface area contributed by atoms with E-state index in [4.69, 9.17) is 22.1 Å². The van der Waals surface area contributed by atoms with Crippen LogP contribution in [0.1, 0.15) is 30.2 Å². The summed E-state index contributed by atoms with van der Waals surface area (Å²) in [4.78, 5) is 23.7. The maximum Gasteiger partial charge on any atom is 0.338 e. The van der Waals surface area contributed by atoms with Crippen molar-refractivity contribution in [2.75, 3.05) is 17.7 Å². The van der Waals surface area contributed by atoms with E-state index in [1.54, 1.807) is 16.9 Å². The number of anilines is 2. The van der Waals surface area contributed by atoms with Gasteiger partial charge in [-0.1, -0.05) is 11.6 Å². The normalized spacial score (nSPS) is 10.6. The molecule has 0 unspecified atom stereocenters. The summed E-state index contributed by atoms with van der Waals surface area (Å²) in [6.45, 7) is 3.46. The third-order valence-electron chi connectivity index (χ3n) is 2.99. The Balaban J connectivity index is 1.92. The lowest BCUT2D eigenvalue weighted by atomic mass is 10.2. The van der Waals surface area contributed by atoms with E-state index in [9.17, 15) is 9.59 Å². The van der Waals surface area contributed by atoms with Gasteiger partial charge in [-0.25, -0.2) is 9.48 Å². The molecule has 0 aliphatic heterocycles. The van der Waals surface area contributed by atoms with Crippen LogP contribution in [-0.2, 0) is 9.53 Å². The number of halogens is 1. The minimum atomic E-state index is -0.652. The minimum absolute atomic E-state index is 0.0971. The van der Waals surface area contributed by atoms with Crippen LogP contribution in [0.3, 0.4) is 0 Å². The fraction of sp³-hybridized carbons (Fsp3) is 0.267. The van der Waals surface area contributed by atoms with Crippen LogP contribution in [0.5, 0.6) is 0 Å². The summed E-state index contributed by atoms with van der Waals surface area (Å²) >= 11 is 5.78. The summed E-state index contributed by atoms with van der Waals surface area (Å²) in [5.74, 6) is -0.569. The fourth-order valence-corrected chi connectivity index (χ4v) is 2.01. The molecule has 0 saturated carbocycles. The van der Waals surface area contributed by atoms with Crippen molar-refractivity contribution in [2.45, 2.75) is 19.9 Å². The van der Waals surface area contributed by atoms with Gasteiger partial charge in [-0.05, 0) is 32.0 Å². The molecule has 0 radical (unpaired) electrons. The third kappa shape index (κ3) is 4.23. The molecule has 3 N–H and O–H groups in total. The minimum Gasteiger partial charge on any atom is -0.452 e. The van der Waals surface area contributed by atoms with E-state index in [1.807, 2.05) is 13.8 Å². The predicted molar refractivity (Wildman–Crippen MR) is 87.4 cm³/mol. The lowest BCUT2D eigenvalue weighted by Crippen LogP contribution is -2.23. The molecule has 1 amide bonds. The Morgan fingerprint density at radius 2 is 2.13 bits per heavy atom. The van der Waals surface area contributed by atoms with Crippen molar-refractivity contribution in [2.24, 2.45) is 0 Å². The second-order valence-corrected chi connectivity index (χ2v) is 5.52. The van der Waals surface area contributed by atoms with Gasteiger partial charge in [0, 0.05) is 12.1 Å². The maximum atomic E-state index is 11.9. The smallest absolute Gasteiger partial charge is 0.338 e. The fourth-order valence-electron chi connectivity index (χ4n) is 1.89. The molecule has 2 rings (SSSR count). The first-order valence-electron chi connectivity index (χ1n) is 6.94. The predicted octanol–water partition coefficient (Wildman–Crippen LogP) is 2.50. The number of nitrogen functional groups attached to an aromatic ring is 1. The maximum absolute atomic E-state index is 11.9. The Kier molecular flexibility index (Phi) is 5.23. The summed E-state index contributed by atoms with van der Waals surface area (Å²) in [6, 6.07) is 6.14. The third-order valence-corrected chi connectivity index (χ3v) is 3.34. The molecule has 0 saturated heterocycles. The zero-order valence-electron chi connectivity index (χ0n) is 12.7. The van der Waals surface area contributed by atoms with Crippen LogP contribution in [0.4, 0.5) is 11.5 Å². The molecular formula is C15H17ClN4O3. The average molecular weight is 337 g/mol. The van der Waals surface area contributed by atoms with Crippen LogP contribution >= 0.6 is 11.6 Å². The largest absolute Gasteiger partial charge is 0.452 e. The van der Waals surface area contributed by atoms with Crippen LogP contribution < -0.4 is 11.1 Å². The molecule has 8 heteroatoms. The van der Waals surface area contributed by atoms with E-state index in [0.29, 0.717) is 10.8 Å². The van der Waals surface area contributed by atoms with Crippen molar-refractivity contribution >= 4 is 35.0 Å². The Morgan fingerprint density at radius 1 is 1.39 bits per heavy atom. The van der Waals surface area contributed by atoms with Gasteiger partial charge in [-0.3, -0.25) is 4.79 Å². The standard InChI is InChI=1S/C15H17ClN4O3/c1-9(2)20-13(5-6-18-20)19-14(21)8-23-15(22)10-3-4-11(16)12(17)7-10/h3-7,9H,8,17H2,1-2H3,(H,19,21). The lowest BCUT2D eigenvalue weighted by molar-refractivity contribution is -0.119. The van der Waals surface area contributed by atoms with Gasteiger partial charge in [-0.2, -0.15) is 5.10 Å². The topological polar surface area (TPSA) is 99.2 Å². The van der Waals surface area contributed by atoms with Crippen molar-refractivity contribution in [3.05, 3.63) is 41.0 Å². The van der Waals surface area contributed by atoms with E-state index >= 15 is 0 Å². The summed E-state index contributed by atoms with van der Waals surface area (Å²) in [5, 5.41) is 7.08. The highest BCUT2D eigenvalue weighted by atomic mass is 35.5. The average Bonchev–Trinajstić information content (AvgIpc) is 2.96. The zero-order valence-corrected chi connectivity index (χ0v) is 13.5. The van der Waals surface area contributed by atoms with E-state index in [0.717, 1.165) is 0 Å². The molecule has 7 nitrogen and oxygen atoms in total. The molecule has 23 heavy (non-hydrogen) atoms. The van der Waals surface area contributed by atoms with Gasteiger partial charge in [0.05, 0.1) is 22.5 Å². The molecule has 122 valence electrons. The molecule has 0 aliphatic carbocycles. The lowest BCUT2D eigenvalue weighted by Gasteiger charge is -2.12. The summed E-state index contributed by atoms with van der Waals surface area (Å²) in [7, 11) is 0. The Morgan fingerprint density at radius 3 is 2.78 bits per heavy atom. The van der Waals surface area contributed by atoms with E-state index in [2.05, 4.69) is 10.4 Å². The van der Waals surface area contributed by atoms with Crippen LogP contribution in [-0.4, -0.2) is 28.3 Å². The zero-order chi connectivity index (χ0) is 17.0. The number of aromatic nitrogens is 2. The first-order chi connectivity index (χ1) is 10.9. The molecule has 0 fully saturated rings. The number of hydrogen-bond acceptors (Lipinski definition) is 5. The summed E-state index contributed by atoms with van der Waals surface area (Å²) < 4.78 is 6.61. The number of nitrogens with one attached hydrogen (secondary N) is 1. The van der Waals surface area contributed by atoms with Crippen molar-refractivity contribution in [3.63, 3.8) is 0 Å². The van der Waals surface area contributed by atoms with Crippen LogP contribution in [0, 0.1) is 0 Å². The molecule has 2 aromatic rings. The number of esters is 1. The van der Waals surface area contributed by atoms with Crippen molar-refractivity contribution in [1.82, 2.24) is 9.78 Å². The number of ether oxygens (including phenoxy) is 1. The Bertz CT molecular complexity index is 727.